The largest absolute Gasteiger partial charge is 0.323 e. The Labute approximate surface area is 55.4 Å². The topological polar surface area (TPSA) is 38.5 Å². The second-order valence-corrected chi connectivity index (χ2v) is 4.87. The summed E-state index contributed by atoms with van der Waals surface area (Å²) in [6.45, 7) is 9.28. The van der Waals surface area contributed by atoms with Gasteiger partial charge in [0.1, 0.15) is 0 Å². The van der Waals surface area contributed by atoms with Crippen molar-refractivity contribution in [3.8, 4) is 0 Å². The Morgan fingerprint density at radius 3 is 1.78 bits per heavy atom. The molecule has 0 aromatic rings. The summed E-state index contributed by atoms with van der Waals surface area (Å²) in [6, 6.07) is 0. The van der Waals surface area contributed by atoms with Crippen molar-refractivity contribution in [1.29, 1.82) is 0 Å². The molecule has 0 radical (unpaired) electrons. The van der Waals surface area contributed by atoms with E-state index in [9.17, 15) is 8.42 Å². The molecule has 4 heteroatoms. The Hall–Kier alpha value is -0.560. The number of rotatable bonds is 1. The predicted octanol–water partition coefficient (Wildman–Crippen LogP) is 0.686. The molecule has 0 bridgehead atoms. The number of hydrogen-bond acceptors (Lipinski definition) is 2. The normalized spacial score (nSPS) is 12.7. The van der Waals surface area contributed by atoms with Gasteiger partial charge in [-0.3, -0.25) is 4.85 Å². The highest BCUT2D eigenvalue weighted by Gasteiger charge is 2.35. The predicted molar refractivity (Wildman–Crippen MR) is 35.5 cm³/mol. The van der Waals surface area contributed by atoms with E-state index in [0.29, 0.717) is 0 Å². The molecule has 0 aliphatic heterocycles. The number of hydrogen-bond donors (Lipinski definition) is 0. The van der Waals surface area contributed by atoms with E-state index in [4.69, 9.17) is 6.57 Å². The lowest BCUT2D eigenvalue weighted by molar-refractivity contribution is 0.578. The Balaban J connectivity index is 4.85. The van der Waals surface area contributed by atoms with Crippen molar-refractivity contribution >= 4 is 9.84 Å². The van der Waals surface area contributed by atoms with Gasteiger partial charge in [-0.05, 0) is 0 Å². The summed E-state index contributed by atoms with van der Waals surface area (Å²) in [6.07, 6.45) is 1.06. The van der Waals surface area contributed by atoms with Gasteiger partial charge in [-0.2, -0.15) is 0 Å². The van der Waals surface area contributed by atoms with Gasteiger partial charge in [0.2, 0.25) is 9.84 Å². The summed E-state index contributed by atoms with van der Waals surface area (Å²) in [5, 5.41) is 0. The lowest BCUT2D eigenvalue weighted by atomic mass is 10.4. The van der Waals surface area contributed by atoms with Crippen molar-refractivity contribution in [3.05, 3.63) is 11.4 Å². The second-order valence-electron chi connectivity index (χ2n) is 2.33. The molecule has 0 amide bonds. The minimum atomic E-state index is -3.21. The van der Waals surface area contributed by atoms with Crippen LogP contribution < -0.4 is 0 Å². The van der Waals surface area contributed by atoms with Gasteiger partial charge in [0.15, 0.2) is 0 Å². The Bertz CT molecular complexity index is 232. The standard InChI is InChI=1S/C5H9NO2S/c1-5(2,6-3)9(4,7)8/h1-2,4H3. The highest BCUT2D eigenvalue weighted by atomic mass is 32.2. The van der Waals surface area contributed by atoms with Crippen LogP contribution >= 0.6 is 0 Å². The van der Waals surface area contributed by atoms with Gasteiger partial charge in [-0.15, -0.1) is 0 Å². The molecule has 0 heterocycles. The minimum Gasteiger partial charge on any atom is -0.294 e. The molecule has 0 N–H and O–H groups in total. The van der Waals surface area contributed by atoms with Crippen LogP contribution in [0.5, 0.6) is 0 Å². The molecule has 0 atom stereocenters. The summed E-state index contributed by atoms with van der Waals surface area (Å²) in [5.74, 6) is 0. The van der Waals surface area contributed by atoms with Gasteiger partial charge in [0.25, 0.3) is 0 Å². The molecular formula is C5H9NO2S. The van der Waals surface area contributed by atoms with E-state index in [1.807, 2.05) is 0 Å². The van der Waals surface area contributed by atoms with Crippen LogP contribution in [0.1, 0.15) is 13.8 Å². The van der Waals surface area contributed by atoms with E-state index in [1.54, 1.807) is 0 Å². The fraction of sp³-hybridized carbons (Fsp3) is 0.800. The van der Waals surface area contributed by atoms with Crippen molar-refractivity contribution in [2.45, 2.75) is 18.7 Å². The summed E-state index contributed by atoms with van der Waals surface area (Å²) in [4.78, 5) is 1.70. The molecule has 0 aliphatic carbocycles. The average molecular weight is 147 g/mol. The molecule has 52 valence electrons. The first kappa shape index (κ1) is 8.44. The molecule has 0 aromatic heterocycles. The van der Waals surface area contributed by atoms with Gasteiger partial charge in [0, 0.05) is 20.1 Å². The first-order chi connectivity index (χ1) is 3.81. The summed E-state index contributed by atoms with van der Waals surface area (Å²) in [7, 11) is -3.21. The summed E-state index contributed by atoms with van der Waals surface area (Å²) < 4.78 is 21.3. The average Bonchev–Trinajstić information content (AvgIpc) is 1.64. The maximum Gasteiger partial charge on any atom is 0.323 e. The fourth-order valence-electron chi connectivity index (χ4n) is 0.0829. The summed E-state index contributed by atoms with van der Waals surface area (Å²) in [5.41, 5.74) is 0. The van der Waals surface area contributed by atoms with Crippen LogP contribution in [0, 0.1) is 6.57 Å². The van der Waals surface area contributed by atoms with Crippen molar-refractivity contribution in [2.24, 2.45) is 0 Å². The van der Waals surface area contributed by atoms with Crippen molar-refractivity contribution in [3.63, 3.8) is 0 Å². The Kier molecular flexibility index (Phi) is 1.87. The molecule has 3 nitrogen and oxygen atoms in total. The first-order valence-electron chi connectivity index (χ1n) is 2.39. The molecule has 0 unspecified atom stereocenters. The first-order valence-corrected chi connectivity index (χ1v) is 4.28. The minimum absolute atomic E-state index is 1.06. The number of sulfone groups is 1. The Morgan fingerprint density at radius 1 is 1.44 bits per heavy atom. The third-order valence-corrected chi connectivity index (χ3v) is 3.08. The van der Waals surface area contributed by atoms with Gasteiger partial charge >= 0.3 is 4.87 Å². The zero-order chi connectivity index (χ0) is 7.71. The van der Waals surface area contributed by atoms with Crippen molar-refractivity contribution in [1.82, 2.24) is 0 Å². The van der Waals surface area contributed by atoms with E-state index in [0.717, 1.165) is 6.26 Å². The van der Waals surface area contributed by atoms with Gasteiger partial charge in [-0.25, -0.2) is 15.0 Å². The van der Waals surface area contributed by atoms with Crippen molar-refractivity contribution in [2.75, 3.05) is 6.26 Å². The maximum absolute atomic E-state index is 10.7. The molecule has 0 spiro atoms. The van der Waals surface area contributed by atoms with Crippen LogP contribution in [-0.4, -0.2) is 19.5 Å². The highest BCUT2D eigenvalue weighted by Crippen LogP contribution is 2.15. The SMILES string of the molecule is [C-]#[N+]C(C)(C)S(C)(=O)=O. The third-order valence-electron chi connectivity index (χ3n) is 1.18. The second kappa shape index (κ2) is 1.99. The summed E-state index contributed by atoms with van der Waals surface area (Å²) >= 11 is 0. The van der Waals surface area contributed by atoms with Crippen LogP contribution in [0.3, 0.4) is 0 Å². The van der Waals surface area contributed by atoms with E-state index >= 15 is 0 Å². The quantitative estimate of drug-likeness (QED) is 0.512. The van der Waals surface area contributed by atoms with Crippen LogP contribution in [0.2, 0.25) is 0 Å². The molecule has 0 rings (SSSR count). The lowest BCUT2D eigenvalue weighted by Gasteiger charge is -2.06. The van der Waals surface area contributed by atoms with E-state index < -0.39 is 14.7 Å². The highest BCUT2D eigenvalue weighted by molar-refractivity contribution is 7.92. The molecule has 0 fully saturated rings. The molecule has 0 aromatic carbocycles. The van der Waals surface area contributed by atoms with Gasteiger partial charge < -0.3 is 0 Å². The monoisotopic (exact) mass is 147 g/mol. The smallest absolute Gasteiger partial charge is 0.294 e. The molecule has 0 saturated heterocycles. The molecule has 9 heavy (non-hydrogen) atoms. The zero-order valence-corrected chi connectivity index (χ0v) is 6.49. The van der Waals surface area contributed by atoms with Crippen LogP contribution in [0.4, 0.5) is 0 Å². The van der Waals surface area contributed by atoms with Crippen molar-refractivity contribution < 1.29 is 8.42 Å². The van der Waals surface area contributed by atoms with Gasteiger partial charge in [0.05, 0.1) is 0 Å². The van der Waals surface area contributed by atoms with E-state index in [1.165, 1.54) is 13.8 Å². The Morgan fingerprint density at radius 2 is 1.78 bits per heavy atom. The molecule has 0 aliphatic rings. The zero-order valence-electron chi connectivity index (χ0n) is 5.67. The van der Waals surface area contributed by atoms with E-state index in [-0.39, 0.29) is 0 Å². The lowest BCUT2D eigenvalue weighted by Crippen LogP contribution is -2.26. The molecule has 0 saturated carbocycles. The van der Waals surface area contributed by atoms with Gasteiger partial charge in [-0.1, -0.05) is 0 Å². The fourth-order valence-corrected chi connectivity index (χ4v) is 0.249. The van der Waals surface area contributed by atoms with E-state index in [2.05, 4.69) is 4.85 Å². The van der Waals surface area contributed by atoms with Crippen LogP contribution in [0.15, 0.2) is 0 Å². The molecular weight excluding hydrogens is 138 g/mol. The van der Waals surface area contributed by atoms with Crippen LogP contribution in [0.25, 0.3) is 4.85 Å². The maximum atomic E-state index is 10.7. The van der Waals surface area contributed by atoms with Crippen LogP contribution in [-0.2, 0) is 9.84 Å². The third kappa shape index (κ3) is 1.68. The number of nitrogens with zero attached hydrogens (tertiary/aromatic N) is 1.